The zero-order valence-corrected chi connectivity index (χ0v) is 12.2. The number of piperidine rings is 1. The van der Waals surface area contributed by atoms with Gasteiger partial charge in [-0.3, -0.25) is 0 Å². The molecule has 106 valence electrons. The molecule has 1 fully saturated rings. The minimum absolute atomic E-state index is 0.722. The summed E-state index contributed by atoms with van der Waals surface area (Å²) < 4.78 is 5.76. The molecule has 0 spiro atoms. The highest BCUT2D eigenvalue weighted by molar-refractivity contribution is 5.26. The van der Waals surface area contributed by atoms with Crippen LogP contribution in [0.25, 0.3) is 0 Å². The Bertz CT molecular complexity index is 356. The molecule has 1 aliphatic rings. The topological polar surface area (TPSA) is 24.5 Å². The Hall–Kier alpha value is -1.06. The third kappa shape index (κ3) is 4.84. The summed E-state index contributed by atoms with van der Waals surface area (Å²) in [5.74, 6) is 0.986. The fourth-order valence-electron chi connectivity index (χ4n) is 2.56. The van der Waals surface area contributed by atoms with Crippen molar-refractivity contribution in [2.75, 3.05) is 33.3 Å². The molecular formula is C16H26N2O. The molecule has 3 nitrogen and oxygen atoms in total. The van der Waals surface area contributed by atoms with Gasteiger partial charge in [-0.15, -0.1) is 0 Å². The average Bonchev–Trinajstić information content (AvgIpc) is 2.46. The van der Waals surface area contributed by atoms with Crippen LogP contribution in [0.5, 0.6) is 5.75 Å². The molecule has 0 aliphatic carbocycles. The molecule has 2 rings (SSSR count). The van der Waals surface area contributed by atoms with Crippen LogP contribution in [-0.2, 0) is 0 Å². The van der Waals surface area contributed by atoms with Crippen LogP contribution >= 0.6 is 0 Å². The molecular weight excluding hydrogens is 236 g/mol. The fourth-order valence-corrected chi connectivity index (χ4v) is 2.56. The molecule has 0 radical (unpaired) electrons. The molecule has 0 atom stereocenters. The van der Waals surface area contributed by atoms with Crippen LogP contribution in [0.4, 0.5) is 0 Å². The van der Waals surface area contributed by atoms with Crippen LogP contribution in [-0.4, -0.2) is 44.2 Å². The van der Waals surface area contributed by atoms with Crippen molar-refractivity contribution in [3.63, 3.8) is 0 Å². The molecule has 19 heavy (non-hydrogen) atoms. The van der Waals surface area contributed by atoms with E-state index in [0.717, 1.165) is 31.4 Å². The first-order valence-electron chi connectivity index (χ1n) is 7.37. The van der Waals surface area contributed by atoms with Gasteiger partial charge in [-0.05, 0) is 58.5 Å². The molecule has 0 aromatic heterocycles. The Balaban J connectivity index is 1.58. The van der Waals surface area contributed by atoms with Crippen molar-refractivity contribution >= 4 is 0 Å². The van der Waals surface area contributed by atoms with E-state index in [2.05, 4.69) is 36.3 Å². The largest absolute Gasteiger partial charge is 0.494 e. The monoisotopic (exact) mass is 262 g/mol. The quantitative estimate of drug-likeness (QED) is 0.797. The zero-order valence-electron chi connectivity index (χ0n) is 12.2. The van der Waals surface area contributed by atoms with Gasteiger partial charge in [0.1, 0.15) is 5.75 Å². The highest BCUT2D eigenvalue weighted by Gasteiger charge is 2.16. The van der Waals surface area contributed by atoms with Crippen molar-refractivity contribution in [1.29, 1.82) is 0 Å². The summed E-state index contributed by atoms with van der Waals surface area (Å²) >= 11 is 0. The molecule has 1 N–H and O–H groups in total. The Kier molecular flexibility index (Phi) is 5.67. The molecule has 1 heterocycles. The van der Waals surface area contributed by atoms with Crippen molar-refractivity contribution in [2.24, 2.45) is 0 Å². The summed E-state index contributed by atoms with van der Waals surface area (Å²) in [5.41, 5.74) is 1.28. The molecule has 1 aromatic carbocycles. The summed E-state index contributed by atoms with van der Waals surface area (Å²) in [4.78, 5) is 2.55. The number of ether oxygens (including phenoxy) is 1. The Morgan fingerprint density at radius 3 is 2.53 bits per heavy atom. The summed E-state index contributed by atoms with van der Waals surface area (Å²) in [5, 5.41) is 3.37. The molecule has 1 saturated heterocycles. The number of rotatable bonds is 6. The summed E-state index contributed by atoms with van der Waals surface area (Å²) in [6.45, 7) is 6.50. The molecule has 0 amide bonds. The van der Waals surface area contributed by atoms with E-state index in [4.69, 9.17) is 4.74 Å². The number of hydrogen-bond acceptors (Lipinski definition) is 3. The number of nitrogens with zero attached hydrogens (tertiary/aromatic N) is 1. The number of likely N-dealkylation sites (tertiary alicyclic amines) is 1. The van der Waals surface area contributed by atoms with Gasteiger partial charge in [0.05, 0.1) is 6.61 Å². The smallest absolute Gasteiger partial charge is 0.119 e. The summed E-state index contributed by atoms with van der Waals surface area (Å²) in [7, 11) is 2.07. The SMILES string of the molecule is CNC1CCN(CCCOc2ccc(C)cc2)CC1. The highest BCUT2D eigenvalue weighted by Crippen LogP contribution is 2.13. The highest BCUT2D eigenvalue weighted by atomic mass is 16.5. The Morgan fingerprint density at radius 1 is 1.21 bits per heavy atom. The van der Waals surface area contributed by atoms with Crippen LogP contribution < -0.4 is 10.1 Å². The van der Waals surface area contributed by atoms with Gasteiger partial charge in [-0.25, -0.2) is 0 Å². The van der Waals surface area contributed by atoms with Gasteiger partial charge in [-0.2, -0.15) is 0 Å². The van der Waals surface area contributed by atoms with Crippen LogP contribution in [0, 0.1) is 6.92 Å². The zero-order chi connectivity index (χ0) is 13.5. The third-order valence-corrected chi connectivity index (χ3v) is 3.90. The lowest BCUT2D eigenvalue weighted by molar-refractivity contribution is 0.185. The number of aryl methyl sites for hydroxylation is 1. The van der Waals surface area contributed by atoms with Gasteiger partial charge in [0.15, 0.2) is 0 Å². The normalized spacial score (nSPS) is 17.6. The minimum atomic E-state index is 0.722. The summed E-state index contributed by atoms with van der Waals surface area (Å²) in [6.07, 6.45) is 3.66. The van der Waals surface area contributed by atoms with E-state index in [9.17, 15) is 0 Å². The van der Waals surface area contributed by atoms with E-state index in [1.54, 1.807) is 0 Å². The number of nitrogens with one attached hydrogen (secondary N) is 1. The second-order valence-corrected chi connectivity index (χ2v) is 5.42. The maximum absolute atomic E-state index is 5.76. The fraction of sp³-hybridized carbons (Fsp3) is 0.625. The van der Waals surface area contributed by atoms with Crippen molar-refractivity contribution in [3.8, 4) is 5.75 Å². The predicted molar refractivity (Wildman–Crippen MR) is 79.8 cm³/mol. The molecule has 0 bridgehead atoms. The molecule has 3 heteroatoms. The number of benzene rings is 1. The van der Waals surface area contributed by atoms with E-state index in [-0.39, 0.29) is 0 Å². The van der Waals surface area contributed by atoms with Crippen LogP contribution in [0.2, 0.25) is 0 Å². The van der Waals surface area contributed by atoms with Crippen LogP contribution in [0.3, 0.4) is 0 Å². The van der Waals surface area contributed by atoms with Crippen molar-refractivity contribution < 1.29 is 4.74 Å². The van der Waals surface area contributed by atoms with Gasteiger partial charge < -0.3 is 15.0 Å². The maximum Gasteiger partial charge on any atom is 0.119 e. The average molecular weight is 262 g/mol. The molecule has 0 saturated carbocycles. The molecule has 1 aliphatic heterocycles. The van der Waals surface area contributed by atoms with E-state index < -0.39 is 0 Å². The Morgan fingerprint density at radius 2 is 1.89 bits per heavy atom. The van der Waals surface area contributed by atoms with E-state index >= 15 is 0 Å². The van der Waals surface area contributed by atoms with Crippen LogP contribution in [0.15, 0.2) is 24.3 Å². The summed E-state index contributed by atoms with van der Waals surface area (Å²) in [6, 6.07) is 9.01. The lowest BCUT2D eigenvalue weighted by Gasteiger charge is -2.31. The third-order valence-electron chi connectivity index (χ3n) is 3.90. The Labute approximate surface area is 116 Å². The van der Waals surface area contributed by atoms with E-state index in [1.807, 2.05) is 12.1 Å². The second kappa shape index (κ2) is 7.51. The maximum atomic E-state index is 5.76. The van der Waals surface area contributed by atoms with Gasteiger partial charge in [0.25, 0.3) is 0 Å². The van der Waals surface area contributed by atoms with E-state index in [0.29, 0.717) is 0 Å². The predicted octanol–water partition coefficient (Wildman–Crippen LogP) is 2.45. The first kappa shape index (κ1) is 14.4. The van der Waals surface area contributed by atoms with Crippen LogP contribution in [0.1, 0.15) is 24.8 Å². The lowest BCUT2D eigenvalue weighted by atomic mass is 10.1. The van der Waals surface area contributed by atoms with Crippen molar-refractivity contribution in [3.05, 3.63) is 29.8 Å². The van der Waals surface area contributed by atoms with Gasteiger partial charge in [-0.1, -0.05) is 17.7 Å². The van der Waals surface area contributed by atoms with Gasteiger partial charge in [0.2, 0.25) is 0 Å². The van der Waals surface area contributed by atoms with Crippen molar-refractivity contribution in [1.82, 2.24) is 10.2 Å². The van der Waals surface area contributed by atoms with E-state index in [1.165, 1.54) is 31.5 Å². The molecule has 0 unspecified atom stereocenters. The first-order chi connectivity index (χ1) is 9.28. The lowest BCUT2D eigenvalue weighted by Crippen LogP contribution is -2.41. The minimum Gasteiger partial charge on any atom is -0.494 e. The number of hydrogen-bond donors (Lipinski definition) is 1. The van der Waals surface area contributed by atoms with Crippen molar-refractivity contribution in [2.45, 2.75) is 32.2 Å². The van der Waals surface area contributed by atoms with Gasteiger partial charge >= 0.3 is 0 Å². The second-order valence-electron chi connectivity index (χ2n) is 5.42. The van der Waals surface area contributed by atoms with Gasteiger partial charge in [0, 0.05) is 12.6 Å². The standard InChI is InChI=1S/C16H26N2O/c1-14-4-6-16(7-5-14)19-13-3-10-18-11-8-15(17-2)9-12-18/h4-7,15,17H,3,8-13H2,1-2H3. The first-order valence-corrected chi connectivity index (χ1v) is 7.37. The molecule has 1 aromatic rings.